The lowest BCUT2D eigenvalue weighted by Gasteiger charge is -1.92. The summed E-state index contributed by atoms with van der Waals surface area (Å²) in [5.74, 6) is 0. The Bertz CT molecular complexity index is 249. The van der Waals surface area contributed by atoms with Crippen molar-refractivity contribution in [2.45, 2.75) is 26.7 Å². The molecule has 0 rings (SSSR count). The molecule has 0 saturated carbocycles. The maximum atomic E-state index is 10.8. The summed E-state index contributed by atoms with van der Waals surface area (Å²) in [5.41, 5.74) is 5.30. The Kier molecular flexibility index (Phi) is 8.26. The lowest BCUT2D eigenvalue weighted by molar-refractivity contribution is 0.120. The van der Waals surface area contributed by atoms with Gasteiger partial charge in [-0.3, -0.25) is 0 Å². The molecule has 0 saturated heterocycles. The fourth-order valence-electron chi connectivity index (χ4n) is 0.524. The highest BCUT2D eigenvalue weighted by Crippen LogP contribution is 1.87. The molecule has 0 fully saturated rings. The molecule has 0 bridgehead atoms. The van der Waals surface area contributed by atoms with Crippen molar-refractivity contribution < 1.29 is 14.3 Å². The molecular weight excluding hydrogens is 180 g/mol. The van der Waals surface area contributed by atoms with Crippen molar-refractivity contribution >= 4 is 6.16 Å². The van der Waals surface area contributed by atoms with Gasteiger partial charge in [-0.2, -0.15) is 0 Å². The average molecular weight is 194 g/mol. The zero-order valence-corrected chi connectivity index (χ0v) is 8.45. The number of ether oxygens (including phenoxy) is 2. The van der Waals surface area contributed by atoms with E-state index in [1.165, 1.54) is 0 Å². The third-order valence-corrected chi connectivity index (χ3v) is 1.09. The normalized spacial score (nSPS) is 7.57. The zero-order valence-electron chi connectivity index (χ0n) is 8.45. The molecular formula is C11H14O3. The van der Waals surface area contributed by atoms with Crippen molar-refractivity contribution in [3.8, 4) is 0 Å². The predicted molar refractivity (Wildman–Crippen MR) is 53.5 cm³/mol. The van der Waals surface area contributed by atoms with Gasteiger partial charge in [0, 0.05) is 0 Å². The van der Waals surface area contributed by atoms with Crippen molar-refractivity contribution in [2.24, 2.45) is 0 Å². The van der Waals surface area contributed by atoms with Crippen LogP contribution in [-0.2, 0) is 9.47 Å². The van der Waals surface area contributed by atoms with Gasteiger partial charge in [0.1, 0.15) is 12.5 Å². The molecule has 0 radical (unpaired) electrons. The molecule has 0 aromatic heterocycles. The van der Waals surface area contributed by atoms with Gasteiger partial charge in [0.2, 0.25) is 0 Å². The van der Waals surface area contributed by atoms with Crippen LogP contribution >= 0.6 is 0 Å². The number of hydrogen-bond acceptors (Lipinski definition) is 3. The fraction of sp³-hybridized carbons (Fsp3) is 0.364. The smallest absolute Gasteiger partial charge is 0.394 e. The Labute approximate surface area is 84.0 Å². The van der Waals surface area contributed by atoms with Crippen molar-refractivity contribution in [3.05, 3.63) is 36.1 Å². The predicted octanol–water partition coefficient (Wildman–Crippen LogP) is 3.30. The quantitative estimate of drug-likeness (QED) is 0.391. The Morgan fingerprint density at radius 3 is 1.86 bits per heavy atom. The summed E-state index contributed by atoms with van der Waals surface area (Å²) in [6.45, 7) is 3.91. The largest absolute Gasteiger partial charge is 0.519 e. The van der Waals surface area contributed by atoms with Crippen molar-refractivity contribution in [1.29, 1.82) is 0 Å². The van der Waals surface area contributed by atoms with Crippen LogP contribution in [0.4, 0.5) is 4.79 Å². The Morgan fingerprint density at radius 1 is 1.07 bits per heavy atom. The van der Waals surface area contributed by atoms with Gasteiger partial charge in [-0.05, 0) is 25.0 Å². The van der Waals surface area contributed by atoms with E-state index < -0.39 is 6.16 Å². The maximum Gasteiger partial charge on any atom is 0.519 e. The minimum absolute atomic E-state index is 0.793. The first-order valence-electron chi connectivity index (χ1n) is 4.47. The summed E-state index contributed by atoms with van der Waals surface area (Å²) in [6.07, 6.45) is 6.67. The number of carbonyl (C=O) groups excluding carboxylic acids is 1. The highest BCUT2D eigenvalue weighted by Gasteiger charge is 1.95. The maximum absolute atomic E-state index is 10.8. The highest BCUT2D eigenvalue weighted by atomic mass is 16.7. The Hall–Kier alpha value is -1.69. The molecule has 76 valence electrons. The van der Waals surface area contributed by atoms with E-state index in [1.54, 1.807) is 12.2 Å². The number of allylic oxidation sites excluding steroid dienone is 2. The zero-order chi connectivity index (χ0) is 10.6. The summed E-state index contributed by atoms with van der Waals surface area (Å²) in [5, 5.41) is 0. The van der Waals surface area contributed by atoms with Gasteiger partial charge in [-0.1, -0.05) is 25.3 Å². The van der Waals surface area contributed by atoms with Crippen LogP contribution in [-0.4, -0.2) is 6.16 Å². The Morgan fingerprint density at radius 2 is 1.50 bits per heavy atom. The van der Waals surface area contributed by atoms with E-state index in [2.05, 4.69) is 20.9 Å². The van der Waals surface area contributed by atoms with Gasteiger partial charge in [0.25, 0.3) is 0 Å². The molecule has 0 N–H and O–H groups in total. The van der Waals surface area contributed by atoms with E-state index >= 15 is 0 Å². The van der Waals surface area contributed by atoms with Crippen molar-refractivity contribution in [1.82, 2.24) is 0 Å². The van der Waals surface area contributed by atoms with Crippen LogP contribution < -0.4 is 0 Å². The van der Waals surface area contributed by atoms with E-state index in [-0.39, 0.29) is 0 Å². The van der Waals surface area contributed by atoms with Crippen molar-refractivity contribution in [2.75, 3.05) is 0 Å². The standard InChI is InChI=1S/C11H14O3/c1-3-5-7-9-13-11(12)14-10-8-6-4-2/h5-6,9-10H,3-4H2,1-2H3. The first kappa shape index (κ1) is 12.3. The molecule has 0 aliphatic carbocycles. The number of carbonyl (C=O) groups is 1. The molecule has 0 aromatic carbocycles. The molecule has 0 aliphatic heterocycles. The second-order valence-electron chi connectivity index (χ2n) is 2.28. The minimum Gasteiger partial charge on any atom is -0.394 e. The Balaban J connectivity index is 3.77. The highest BCUT2D eigenvalue weighted by molar-refractivity contribution is 5.61. The SMILES string of the molecule is CCC=C=COC(=O)OC=C=CCC. The monoisotopic (exact) mass is 194 g/mol. The summed E-state index contributed by atoms with van der Waals surface area (Å²) < 4.78 is 9.02. The van der Waals surface area contributed by atoms with Crippen LogP contribution in [0.1, 0.15) is 26.7 Å². The average Bonchev–Trinajstić information content (AvgIpc) is 2.19. The summed E-state index contributed by atoms with van der Waals surface area (Å²) in [7, 11) is 0. The summed E-state index contributed by atoms with van der Waals surface area (Å²) in [6, 6.07) is 0. The number of hydrogen-bond donors (Lipinski definition) is 0. The molecule has 0 atom stereocenters. The molecule has 0 aliphatic rings. The molecule has 0 aromatic rings. The topological polar surface area (TPSA) is 35.5 Å². The van der Waals surface area contributed by atoms with Crippen LogP contribution in [0, 0.1) is 0 Å². The van der Waals surface area contributed by atoms with Gasteiger partial charge < -0.3 is 9.47 Å². The first-order chi connectivity index (χ1) is 6.81. The molecule has 3 nitrogen and oxygen atoms in total. The molecule has 0 heterocycles. The molecule has 14 heavy (non-hydrogen) atoms. The van der Waals surface area contributed by atoms with Gasteiger partial charge in [0.15, 0.2) is 0 Å². The van der Waals surface area contributed by atoms with Crippen LogP contribution in [0.3, 0.4) is 0 Å². The van der Waals surface area contributed by atoms with E-state index in [4.69, 9.17) is 0 Å². The fourth-order valence-corrected chi connectivity index (χ4v) is 0.524. The van der Waals surface area contributed by atoms with Gasteiger partial charge >= 0.3 is 6.16 Å². The van der Waals surface area contributed by atoms with E-state index in [1.807, 2.05) is 13.8 Å². The van der Waals surface area contributed by atoms with Crippen LogP contribution in [0.15, 0.2) is 36.1 Å². The molecule has 3 heteroatoms. The molecule has 0 unspecified atom stereocenters. The van der Waals surface area contributed by atoms with E-state index in [9.17, 15) is 4.79 Å². The van der Waals surface area contributed by atoms with Crippen molar-refractivity contribution in [3.63, 3.8) is 0 Å². The van der Waals surface area contributed by atoms with Crippen LogP contribution in [0.25, 0.3) is 0 Å². The minimum atomic E-state index is -0.793. The third-order valence-electron chi connectivity index (χ3n) is 1.09. The molecule has 0 amide bonds. The second-order valence-corrected chi connectivity index (χ2v) is 2.28. The van der Waals surface area contributed by atoms with Gasteiger partial charge in [-0.15, -0.1) is 0 Å². The van der Waals surface area contributed by atoms with Gasteiger partial charge in [0.05, 0.1) is 0 Å². The summed E-state index contributed by atoms with van der Waals surface area (Å²) in [4.78, 5) is 10.8. The summed E-state index contributed by atoms with van der Waals surface area (Å²) >= 11 is 0. The lowest BCUT2D eigenvalue weighted by atomic mass is 10.5. The lowest BCUT2D eigenvalue weighted by Crippen LogP contribution is -1.96. The van der Waals surface area contributed by atoms with Crippen LogP contribution in [0.2, 0.25) is 0 Å². The van der Waals surface area contributed by atoms with E-state index in [0.29, 0.717) is 0 Å². The first-order valence-corrected chi connectivity index (χ1v) is 4.47. The second kappa shape index (κ2) is 9.40. The number of rotatable bonds is 4. The van der Waals surface area contributed by atoms with E-state index in [0.717, 1.165) is 25.4 Å². The third kappa shape index (κ3) is 8.41. The van der Waals surface area contributed by atoms with Crippen LogP contribution in [0.5, 0.6) is 0 Å². The van der Waals surface area contributed by atoms with Gasteiger partial charge in [-0.25, -0.2) is 4.79 Å². The molecule has 0 spiro atoms.